The number of nitrogens with zero attached hydrogens (tertiary/aromatic N) is 4. The van der Waals surface area contributed by atoms with Crippen molar-refractivity contribution in [3.63, 3.8) is 0 Å². The normalized spacial score (nSPS) is 17.2. The minimum absolute atomic E-state index is 0.251. The molecule has 0 spiro atoms. The number of anilines is 2. The van der Waals surface area contributed by atoms with Crippen molar-refractivity contribution in [1.29, 1.82) is 0 Å². The molecule has 6 heteroatoms. The molecule has 1 aromatic heterocycles. The van der Waals surface area contributed by atoms with Crippen molar-refractivity contribution in [2.24, 2.45) is 5.41 Å². The molecule has 37 heavy (non-hydrogen) atoms. The van der Waals surface area contributed by atoms with E-state index in [-0.39, 0.29) is 5.41 Å². The minimum Gasteiger partial charge on any atom is -0.496 e. The number of halogens is 1. The third-order valence-electron chi connectivity index (χ3n) is 7.88. The van der Waals surface area contributed by atoms with Gasteiger partial charge in [-0.15, -0.1) is 0 Å². The number of aryl methyl sites for hydroxylation is 1. The lowest BCUT2D eigenvalue weighted by molar-refractivity contribution is 0.291. The number of hydrogen-bond acceptors (Lipinski definition) is 5. The molecule has 0 aliphatic carbocycles. The number of ether oxygens (including phenoxy) is 1. The minimum atomic E-state index is 0.251. The molecule has 0 radical (unpaired) electrons. The summed E-state index contributed by atoms with van der Waals surface area (Å²) in [5.41, 5.74) is 7.50. The predicted octanol–water partition coefficient (Wildman–Crippen LogP) is 7.43. The zero-order valence-corrected chi connectivity index (χ0v) is 23.8. The Morgan fingerprint density at radius 3 is 2.57 bits per heavy atom. The van der Waals surface area contributed by atoms with Gasteiger partial charge in [-0.05, 0) is 66.5 Å². The zero-order valence-electron chi connectivity index (χ0n) is 23.1. The third-order valence-corrected chi connectivity index (χ3v) is 8.12. The first-order valence-electron chi connectivity index (χ1n) is 13.5. The molecule has 3 heterocycles. The molecule has 3 aromatic rings. The van der Waals surface area contributed by atoms with Crippen molar-refractivity contribution in [2.45, 2.75) is 66.3 Å². The Balaban J connectivity index is 1.61. The van der Waals surface area contributed by atoms with E-state index in [0.717, 1.165) is 55.4 Å². The topological polar surface area (TPSA) is 41.5 Å². The van der Waals surface area contributed by atoms with E-state index in [2.05, 4.69) is 62.6 Å². The van der Waals surface area contributed by atoms with Gasteiger partial charge in [0.05, 0.1) is 18.4 Å². The number of methoxy groups -OCH3 is 1. The monoisotopic (exact) mass is 518 g/mol. The summed E-state index contributed by atoms with van der Waals surface area (Å²) >= 11 is 6.40. The predicted molar refractivity (Wildman–Crippen MR) is 154 cm³/mol. The van der Waals surface area contributed by atoms with Crippen molar-refractivity contribution in [2.75, 3.05) is 36.5 Å². The Kier molecular flexibility index (Phi) is 7.10. The van der Waals surface area contributed by atoms with Crippen molar-refractivity contribution in [3.05, 3.63) is 63.8 Å². The van der Waals surface area contributed by atoms with E-state index in [1.807, 2.05) is 18.2 Å². The molecule has 5 rings (SSSR count). The molecule has 0 N–H and O–H groups in total. The molecule has 1 saturated heterocycles. The van der Waals surface area contributed by atoms with Gasteiger partial charge in [-0.3, -0.25) is 0 Å². The van der Waals surface area contributed by atoms with Crippen LogP contribution in [0.2, 0.25) is 5.02 Å². The lowest BCUT2D eigenvalue weighted by Crippen LogP contribution is -2.42. The summed E-state index contributed by atoms with van der Waals surface area (Å²) in [6, 6.07) is 12.6. The molecule has 0 unspecified atom stereocenters. The van der Waals surface area contributed by atoms with E-state index in [9.17, 15) is 0 Å². The second kappa shape index (κ2) is 10.2. The molecule has 0 bridgehead atoms. The van der Waals surface area contributed by atoms with Crippen molar-refractivity contribution in [3.8, 4) is 17.1 Å². The number of aromatic nitrogens is 2. The maximum absolute atomic E-state index is 6.40. The molecule has 0 saturated carbocycles. The van der Waals surface area contributed by atoms with Crippen LogP contribution in [0.5, 0.6) is 5.75 Å². The lowest BCUT2D eigenvalue weighted by atomic mass is 9.84. The molecular formula is C31H39ClN4O. The maximum Gasteiger partial charge on any atom is 0.165 e. The van der Waals surface area contributed by atoms with E-state index in [4.69, 9.17) is 26.3 Å². The van der Waals surface area contributed by atoms with Crippen LogP contribution in [0.3, 0.4) is 0 Å². The average Bonchev–Trinajstić information content (AvgIpc) is 2.87. The summed E-state index contributed by atoms with van der Waals surface area (Å²) in [4.78, 5) is 15.4. The molecule has 196 valence electrons. The second-order valence-electron chi connectivity index (χ2n) is 11.7. The smallest absolute Gasteiger partial charge is 0.165 e. The van der Waals surface area contributed by atoms with Gasteiger partial charge in [0.2, 0.25) is 0 Å². The molecule has 0 atom stereocenters. The maximum atomic E-state index is 6.40. The Labute approximate surface area is 226 Å². The summed E-state index contributed by atoms with van der Waals surface area (Å²) in [5, 5.41) is 0.657. The summed E-state index contributed by atoms with van der Waals surface area (Å²) in [6.07, 6.45) is 3.28. The van der Waals surface area contributed by atoms with Crippen LogP contribution in [-0.2, 0) is 13.0 Å². The first-order valence-corrected chi connectivity index (χ1v) is 13.9. The van der Waals surface area contributed by atoms with Gasteiger partial charge in [0.25, 0.3) is 0 Å². The quantitative estimate of drug-likeness (QED) is 0.351. The van der Waals surface area contributed by atoms with E-state index in [1.165, 1.54) is 35.2 Å². The molecule has 2 aliphatic rings. The van der Waals surface area contributed by atoms with Crippen molar-refractivity contribution in [1.82, 2.24) is 9.97 Å². The molecule has 1 fully saturated rings. The zero-order chi connectivity index (χ0) is 26.3. The van der Waals surface area contributed by atoms with Crippen molar-refractivity contribution < 1.29 is 4.74 Å². The molecule has 2 aromatic carbocycles. The van der Waals surface area contributed by atoms with Gasteiger partial charge < -0.3 is 14.5 Å². The fraction of sp³-hybridized carbons (Fsp3) is 0.484. The highest BCUT2D eigenvalue weighted by atomic mass is 35.5. The average molecular weight is 519 g/mol. The highest BCUT2D eigenvalue weighted by Crippen LogP contribution is 2.39. The summed E-state index contributed by atoms with van der Waals surface area (Å²) in [5.74, 6) is 3.01. The third kappa shape index (κ3) is 5.29. The van der Waals surface area contributed by atoms with Crippen LogP contribution < -0.4 is 14.5 Å². The SMILES string of the molecule is COc1ccc(Cl)cc1-c1nc2c(c(N3CCCC(C)(C)C3)n1)CN(c1cc(C(C)C)ccc1C)CC2. The molecule has 5 nitrogen and oxygen atoms in total. The van der Waals surface area contributed by atoms with E-state index < -0.39 is 0 Å². The number of piperidine rings is 1. The van der Waals surface area contributed by atoms with Gasteiger partial charge in [-0.2, -0.15) is 0 Å². The van der Waals surface area contributed by atoms with Crippen LogP contribution in [0, 0.1) is 12.3 Å². The highest BCUT2D eigenvalue weighted by molar-refractivity contribution is 6.30. The first-order chi connectivity index (χ1) is 17.6. The van der Waals surface area contributed by atoms with E-state index >= 15 is 0 Å². The standard InChI is InChI=1S/C31H39ClN4O/c1-20(2)22-9-8-21(3)27(16-22)35-15-12-26-25(18-35)30(36-14-7-13-31(4,5)19-36)34-29(33-26)24-17-23(32)10-11-28(24)37-6/h8-11,16-17,20H,7,12-15,18-19H2,1-6H3. The van der Waals surface area contributed by atoms with Crippen LogP contribution in [0.1, 0.15) is 68.8 Å². The second-order valence-corrected chi connectivity index (χ2v) is 12.1. The number of rotatable bonds is 5. The van der Waals surface area contributed by atoms with Crippen LogP contribution >= 0.6 is 11.6 Å². The van der Waals surface area contributed by atoms with Gasteiger partial charge in [0, 0.05) is 48.9 Å². The van der Waals surface area contributed by atoms with Gasteiger partial charge in [0.1, 0.15) is 11.6 Å². The highest BCUT2D eigenvalue weighted by Gasteiger charge is 2.32. The Morgan fingerprint density at radius 1 is 1.03 bits per heavy atom. The molecule has 2 aliphatic heterocycles. The van der Waals surface area contributed by atoms with Crippen LogP contribution in [0.15, 0.2) is 36.4 Å². The summed E-state index contributed by atoms with van der Waals surface area (Å²) in [7, 11) is 1.69. The van der Waals surface area contributed by atoms with Crippen molar-refractivity contribution >= 4 is 23.1 Å². The van der Waals surface area contributed by atoms with Crippen LogP contribution in [-0.4, -0.2) is 36.7 Å². The Morgan fingerprint density at radius 2 is 1.84 bits per heavy atom. The van der Waals surface area contributed by atoms with Gasteiger partial charge in [0.15, 0.2) is 5.82 Å². The van der Waals surface area contributed by atoms with Gasteiger partial charge in [-0.25, -0.2) is 9.97 Å². The summed E-state index contributed by atoms with van der Waals surface area (Å²) < 4.78 is 5.68. The largest absolute Gasteiger partial charge is 0.496 e. The molecular weight excluding hydrogens is 480 g/mol. The van der Waals surface area contributed by atoms with Crippen LogP contribution in [0.4, 0.5) is 11.5 Å². The summed E-state index contributed by atoms with van der Waals surface area (Å²) in [6.45, 7) is 15.2. The number of benzene rings is 2. The fourth-order valence-corrected chi connectivity index (χ4v) is 5.94. The number of hydrogen-bond donors (Lipinski definition) is 0. The molecule has 0 amide bonds. The number of fused-ring (bicyclic) bond motifs is 1. The van der Waals surface area contributed by atoms with Gasteiger partial charge >= 0.3 is 0 Å². The Bertz CT molecular complexity index is 1300. The van der Waals surface area contributed by atoms with Gasteiger partial charge in [-0.1, -0.05) is 51.4 Å². The Hall–Kier alpha value is -2.79. The fourth-order valence-electron chi connectivity index (χ4n) is 5.77. The van der Waals surface area contributed by atoms with Crippen LogP contribution in [0.25, 0.3) is 11.4 Å². The van der Waals surface area contributed by atoms with E-state index in [1.54, 1.807) is 7.11 Å². The first kappa shape index (κ1) is 25.8. The van der Waals surface area contributed by atoms with E-state index in [0.29, 0.717) is 16.8 Å². The lowest BCUT2D eigenvalue weighted by Gasteiger charge is -2.41.